The summed E-state index contributed by atoms with van der Waals surface area (Å²) in [7, 11) is 0. The molecule has 0 radical (unpaired) electrons. The average Bonchev–Trinajstić information content (AvgIpc) is 3.73. The van der Waals surface area contributed by atoms with Gasteiger partial charge in [-0.3, -0.25) is 19.9 Å². The molecule has 38 heavy (non-hydrogen) atoms. The highest BCUT2D eigenvalue weighted by atomic mass is 32.1. The summed E-state index contributed by atoms with van der Waals surface area (Å²) in [6.45, 7) is 0. The van der Waals surface area contributed by atoms with E-state index in [4.69, 9.17) is 0 Å². The molecule has 5 heterocycles. The van der Waals surface area contributed by atoms with Crippen molar-refractivity contribution in [2.75, 3.05) is 5.32 Å². The Morgan fingerprint density at radius 2 is 1.76 bits per heavy atom. The second-order valence-corrected chi connectivity index (χ2v) is 10.7. The zero-order chi connectivity index (χ0) is 25.5. The maximum atomic E-state index is 12.8. The summed E-state index contributed by atoms with van der Waals surface area (Å²) in [5, 5.41) is 17.3. The van der Waals surface area contributed by atoms with Crippen LogP contribution in [0, 0.1) is 5.92 Å². The quantitative estimate of drug-likeness (QED) is 0.221. The molecule has 8 heteroatoms. The van der Waals surface area contributed by atoms with Crippen molar-refractivity contribution in [3.05, 3.63) is 71.9 Å². The summed E-state index contributed by atoms with van der Waals surface area (Å²) >= 11 is 1.68. The van der Waals surface area contributed by atoms with E-state index < -0.39 is 0 Å². The van der Waals surface area contributed by atoms with Gasteiger partial charge in [0, 0.05) is 40.2 Å². The van der Waals surface area contributed by atoms with Crippen molar-refractivity contribution in [1.82, 2.24) is 25.1 Å². The number of hydrogen-bond donors (Lipinski definition) is 3. The number of carbonyl (C=O) groups excluding carboxylic acids is 1. The monoisotopic (exact) mass is 518 g/mol. The van der Waals surface area contributed by atoms with E-state index in [1.807, 2.05) is 30.7 Å². The predicted octanol–water partition coefficient (Wildman–Crippen LogP) is 7.42. The zero-order valence-corrected chi connectivity index (χ0v) is 21.5. The predicted molar refractivity (Wildman–Crippen MR) is 153 cm³/mol. The number of amides is 1. The van der Waals surface area contributed by atoms with Crippen molar-refractivity contribution in [3.8, 4) is 33.6 Å². The summed E-state index contributed by atoms with van der Waals surface area (Å²) < 4.78 is 0. The van der Waals surface area contributed by atoms with Gasteiger partial charge in [-0.1, -0.05) is 25.3 Å². The zero-order valence-electron chi connectivity index (χ0n) is 20.7. The maximum absolute atomic E-state index is 12.8. The standard InChI is InChI=1S/C30H26N6OS/c37-30(18-4-2-1-3-5-18)33-22-10-21(13-31-14-22)19-6-7-26-24(11-19)29(36-35-26)27-12-23-25(20-8-9-38-17-20)15-32-16-28(23)34-27/h6-18,34H,1-5H2,(H,33,37)(H,35,36). The molecule has 1 aliphatic rings. The second kappa shape index (κ2) is 9.54. The van der Waals surface area contributed by atoms with E-state index in [-0.39, 0.29) is 11.8 Å². The summed E-state index contributed by atoms with van der Waals surface area (Å²) in [5.41, 5.74) is 8.66. The SMILES string of the molecule is O=C(Nc1cncc(-c2ccc3[nH]nc(-c4cc5c(-c6ccsc6)cncc5[nH]4)c3c2)c1)C1CCCCC1. The molecule has 3 N–H and O–H groups in total. The van der Waals surface area contributed by atoms with E-state index in [0.717, 1.165) is 86.8 Å². The van der Waals surface area contributed by atoms with Crippen molar-refractivity contribution in [3.63, 3.8) is 0 Å². The third-order valence-electron chi connectivity index (χ3n) is 7.51. The first-order valence-corrected chi connectivity index (χ1v) is 13.9. The highest BCUT2D eigenvalue weighted by molar-refractivity contribution is 7.08. The Morgan fingerprint density at radius 1 is 0.868 bits per heavy atom. The smallest absolute Gasteiger partial charge is 0.227 e. The molecule has 7 rings (SSSR count). The van der Waals surface area contributed by atoms with Crippen LogP contribution in [0.15, 0.2) is 71.9 Å². The lowest BCUT2D eigenvalue weighted by Crippen LogP contribution is -2.24. The lowest BCUT2D eigenvalue weighted by atomic mass is 9.88. The molecule has 0 unspecified atom stereocenters. The molecule has 5 aromatic heterocycles. The number of nitrogens with zero attached hydrogens (tertiary/aromatic N) is 3. The minimum absolute atomic E-state index is 0.101. The van der Waals surface area contributed by atoms with Crippen LogP contribution in [0.25, 0.3) is 55.4 Å². The number of fused-ring (bicyclic) bond motifs is 2. The van der Waals surface area contributed by atoms with Crippen molar-refractivity contribution in [2.24, 2.45) is 5.92 Å². The van der Waals surface area contributed by atoms with Gasteiger partial charge in [-0.25, -0.2) is 0 Å². The van der Waals surface area contributed by atoms with Gasteiger partial charge >= 0.3 is 0 Å². The molecule has 7 nitrogen and oxygen atoms in total. The van der Waals surface area contributed by atoms with Crippen LogP contribution in [0.3, 0.4) is 0 Å². The van der Waals surface area contributed by atoms with Gasteiger partial charge < -0.3 is 10.3 Å². The molecule has 1 saturated carbocycles. The molecule has 0 atom stereocenters. The lowest BCUT2D eigenvalue weighted by molar-refractivity contribution is -0.120. The summed E-state index contributed by atoms with van der Waals surface area (Å²) in [4.78, 5) is 25.1. The number of carbonyl (C=O) groups is 1. The number of rotatable bonds is 5. The summed E-state index contributed by atoms with van der Waals surface area (Å²) in [6, 6.07) is 12.5. The fourth-order valence-electron chi connectivity index (χ4n) is 5.50. The fourth-order valence-corrected chi connectivity index (χ4v) is 6.16. The van der Waals surface area contributed by atoms with Crippen molar-refractivity contribution in [1.29, 1.82) is 0 Å². The Hall–Kier alpha value is -4.30. The summed E-state index contributed by atoms with van der Waals surface area (Å²) in [5.74, 6) is 0.204. The van der Waals surface area contributed by atoms with E-state index in [9.17, 15) is 4.79 Å². The number of hydrogen-bond acceptors (Lipinski definition) is 5. The summed E-state index contributed by atoms with van der Waals surface area (Å²) in [6.07, 6.45) is 12.7. The van der Waals surface area contributed by atoms with Gasteiger partial charge in [0.25, 0.3) is 0 Å². The first-order chi connectivity index (χ1) is 18.7. The number of anilines is 1. The minimum Gasteiger partial charge on any atom is -0.352 e. The topological polar surface area (TPSA) is 99.3 Å². The molecule has 1 aromatic carbocycles. The molecule has 1 fully saturated rings. The van der Waals surface area contributed by atoms with Crippen LogP contribution < -0.4 is 5.32 Å². The minimum atomic E-state index is 0.101. The number of benzene rings is 1. The second-order valence-electron chi connectivity index (χ2n) is 9.96. The lowest BCUT2D eigenvalue weighted by Gasteiger charge is -2.20. The van der Waals surface area contributed by atoms with Gasteiger partial charge in [0.15, 0.2) is 0 Å². The van der Waals surface area contributed by atoms with E-state index in [2.05, 4.69) is 65.5 Å². The Labute approximate surface area is 223 Å². The third kappa shape index (κ3) is 4.16. The molecule has 188 valence electrons. The van der Waals surface area contributed by atoms with E-state index in [1.165, 1.54) is 6.42 Å². The molecule has 0 spiro atoms. The Kier molecular flexibility index (Phi) is 5.74. The molecule has 1 aliphatic carbocycles. The highest BCUT2D eigenvalue weighted by Gasteiger charge is 2.21. The molecule has 0 aliphatic heterocycles. The van der Waals surface area contributed by atoms with Crippen LogP contribution >= 0.6 is 11.3 Å². The normalized spacial score (nSPS) is 14.3. The van der Waals surface area contributed by atoms with E-state index >= 15 is 0 Å². The molecular weight excluding hydrogens is 492 g/mol. The number of H-pyrrole nitrogens is 2. The number of aromatic nitrogens is 5. The molecular formula is C30H26N6OS. The third-order valence-corrected chi connectivity index (χ3v) is 8.19. The Bertz CT molecular complexity index is 1760. The molecule has 6 aromatic rings. The van der Waals surface area contributed by atoms with Gasteiger partial charge in [-0.15, -0.1) is 0 Å². The van der Waals surface area contributed by atoms with Gasteiger partial charge in [-0.2, -0.15) is 16.4 Å². The van der Waals surface area contributed by atoms with Crippen LogP contribution in [0.4, 0.5) is 5.69 Å². The Balaban J connectivity index is 1.23. The van der Waals surface area contributed by atoms with Crippen LogP contribution in [0.5, 0.6) is 0 Å². The van der Waals surface area contributed by atoms with Crippen LogP contribution in [0.2, 0.25) is 0 Å². The average molecular weight is 519 g/mol. The van der Waals surface area contributed by atoms with Crippen molar-refractivity contribution < 1.29 is 4.79 Å². The van der Waals surface area contributed by atoms with Gasteiger partial charge in [0.2, 0.25) is 5.91 Å². The van der Waals surface area contributed by atoms with Gasteiger partial charge in [-0.05, 0) is 65.1 Å². The van der Waals surface area contributed by atoms with E-state index in [1.54, 1.807) is 17.5 Å². The molecule has 0 saturated heterocycles. The number of pyridine rings is 2. The number of aromatic amines is 2. The Morgan fingerprint density at radius 3 is 2.63 bits per heavy atom. The first-order valence-electron chi connectivity index (χ1n) is 13.0. The maximum Gasteiger partial charge on any atom is 0.227 e. The van der Waals surface area contributed by atoms with E-state index in [0.29, 0.717) is 0 Å². The van der Waals surface area contributed by atoms with Crippen molar-refractivity contribution in [2.45, 2.75) is 32.1 Å². The van der Waals surface area contributed by atoms with Gasteiger partial charge in [0.1, 0.15) is 5.69 Å². The number of thiophene rings is 1. The first kappa shape index (κ1) is 22.9. The molecule has 1 amide bonds. The van der Waals surface area contributed by atoms with Crippen LogP contribution in [-0.4, -0.2) is 31.1 Å². The highest BCUT2D eigenvalue weighted by Crippen LogP contribution is 2.35. The van der Waals surface area contributed by atoms with Crippen molar-refractivity contribution >= 4 is 44.7 Å². The van der Waals surface area contributed by atoms with Crippen LogP contribution in [0.1, 0.15) is 32.1 Å². The van der Waals surface area contributed by atoms with Gasteiger partial charge in [0.05, 0.1) is 34.8 Å². The van der Waals surface area contributed by atoms with Crippen LogP contribution in [-0.2, 0) is 4.79 Å². The fraction of sp³-hybridized carbons (Fsp3) is 0.200. The largest absolute Gasteiger partial charge is 0.352 e. The number of nitrogens with one attached hydrogen (secondary N) is 3. The molecule has 0 bridgehead atoms.